The first kappa shape index (κ1) is 25.5. The summed E-state index contributed by atoms with van der Waals surface area (Å²) >= 11 is 0. The molecule has 0 unspecified atom stereocenters. The Balaban J connectivity index is 1.41. The summed E-state index contributed by atoms with van der Waals surface area (Å²) in [6.07, 6.45) is 5.13. The van der Waals surface area contributed by atoms with E-state index in [0.717, 1.165) is 67.5 Å². The lowest BCUT2D eigenvalue weighted by atomic mass is 9.91. The maximum Gasteiger partial charge on any atom is 0.319 e. The Morgan fingerprint density at radius 1 is 1.05 bits per heavy atom. The number of aromatic hydroxyl groups is 1. The van der Waals surface area contributed by atoms with Crippen LogP contribution in [0, 0.1) is 5.82 Å². The average molecular weight is 542 g/mol. The van der Waals surface area contributed by atoms with E-state index in [4.69, 9.17) is 14.7 Å². The number of nitrogens with zero attached hydrogens (tertiary/aromatic N) is 4. The van der Waals surface area contributed by atoms with Gasteiger partial charge in [0.05, 0.1) is 0 Å². The molecule has 3 aromatic carbocycles. The van der Waals surface area contributed by atoms with E-state index in [-0.39, 0.29) is 17.3 Å². The van der Waals surface area contributed by atoms with Gasteiger partial charge in [0.1, 0.15) is 23.7 Å². The Kier molecular flexibility index (Phi) is 6.47. The van der Waals surface area contributed by atoms with Crippen LogP contribution in [-0.4, -0.2) is 71.4 Å². The smallest absolute Gasteiger partial charge is 0.319 e. The van der Waals surface area contributed by atoms with E-state index in [9.17, 15) is 5.11 Å². The number of aryl methyl sites for hydroxylation is 1. The van der Waals surface area contributed by atoms with Crippen LogP contribution in [0.4, 0.5) is 10.2 Å². The predicted octanol–water partition coefficient (Wildman–Crippen LogP) is 5.27. The quantitative estimate of drug-likeness (QED) is 0.345. The van der Waals surface area contributed by atoms with Gasteiger partial charge in [-0.15, -0.1) is 0 Å². The molecule has 2 bridgehead atoms. The zero-order valence-corrected chi connectivity index (χ0v) is 23.2. The van der Waals surface area contributed by atoms with Crippen molar-refractivity contribution >= 4 is 27.5 Å². The van der Waals surface area contributed by atoms with Crippen molar-refractivity contribution in [3.63, 3.8) is 0 Å². The van der Waals surface area contributed by atoms with E-state index in [1.54, 1.807) is 12.1 Å². The lowest BCUT2D eigenvalue weighted by molar-refractivity contribution is 0.188. The summed E-state index contributed by atoms with van der Waals surface area (Å²) in [5.41, 5.74) is 2.28. The van der Waals surface area contributed by atoms with Gasteiger partial charge in [0, 0.05) is 42.2 Å². The molecule has 0 aliphatic carbocycles. The molecule has 0 radical (unpaired) electrons. The topological polar surface area (TPSA) is 73.8 Å². The van der Waals surface area contributed by atoms with E-state index < -0.39 is 5.82 Å². The summed E-state index contributed by atoms with van der Waals surface area (Å²) in [4.78, 5) is 14.2. The number of nitrogens with one attached hydrogen (secondary N) is 1. The second kappa shape index (κ2) is 10.2. The Labute approximate surface area is 234 Å². The number of phenolic OH excluding ortho intramolecular Hbond substituents is 1. The molecule has 3 aliphatic heterocycles. The fraction of sp³-hybridized carbons (Fsp3) is 0.438. The van der Waals surface area contributed by atoms with E-state index >= 15 is 4.39 Å². The van der Waals surface area contributed by atoms with Crippen molar-refractivity contribution in [3.8, 4) is 22.9 Å². The molecule has 7 nitrogen and oxygen atoms in total. The number of anilines is 1. The average Bonchev–Trinajstić information content (AvgIpc) is 3.53. The minimum absolute atomic E-state index is 0.111. The van der Waals surface area contributed by atoms with Crippen LogP contribution >= 0.6 is 0 Å². The van der Waals surface area contributed by atoms with Gasteiger partial charge in [-0.3, -0.25) is 0 Å². The highest BCUT2D eigenvalue weighted by Gasteiger charge is 2.34. The first-order valence-electron chi connectivity index (χ1n) is 14.6. The number of phenols is 1. The molecule has 4 aromatic rings. The molecule has 4 heterocycles. The molecule has 1 aromatic heterocycles. The molecular formula is C32H36FN5O2. The van der Waals surface area contributed by atoms with Crippen molar-refractivity contribution < 1.29 is 14.2 Å². The monoisotopic (exact) mass is 541 g/mol. The lowest BCUT2D eigenvalue weighted by Gasteiger charge is -2.34. The second-order valence-electron chi connectivity index (χ2n) is 11.6. The van der Waals surface area contributed by atoms with Gasteiger partial charge < -0.3 is 25.0 Å². The highest BCUT2D eigenvalue weighted by molar-refractivity contribution is 6.02. The standard InChI is InChI=1S/C32H36FN5O2/c1-3-19-14-27-30(29(33)28(19)26-15-24(39)13-20-7-4-5-9-25(20)26)35-32(40-18-23-8-6-12-37(23)2)36-31(27)38-16-21-10-11-22(17-38)34-21/h4-5,7,9,13-15,21-23,34,39H,3,6,8,10-12,16-18H2,1-2H3/t21-,22+,23-/m0/s1. The summed E-state index contributed by atoms with van der Waals surface area (Å²) in [5.74, 6) is 0.466. The number of hydrogen-bond acceptors (Lipinski definition) is 7. The molecule has 8 heteroatoms. The van der Waals surface area contributed by atoms with Gasteiger partial charge in [-0.1, -0.05) is 31.2 Å². The van der Waals surface area contributed by atoms with Crippen LogP contribution in [0.3, 0.4) is 0 Å². The van der Waals surface area contributed by atoms with Crippen molar-refractivity contribution in [1.82, 2.24) is 20.2 Å². The summed E-state index contributed by atoms with van der Waals surface area (Å²) in [6.45, 7) is 5.23. The van der Waals surface area contributed by atoms with E-state index in [2.05, 4.69) is 28.2 Å². The van der Waals surface area contributed by atoms with Crippen molar-refractivity contribution in [2.75, 3.05) is 38.2 Å². The SMILES string of the molecule is CCc1cc2c(N3C[C@H]4CC[C@@H](C3)N4)nc(OC[C@@H]3CCCN3C)nc2c(F)c1-c1cc(O)cc2ccccc12. The maximum atomic E-state index is 16.9. The van der Waals surface area contributed by atoms with Crippen LogP contribution in [0.2, 0.25) is 0 Å². The van der Waals surface area contributed by atoms with Crippen molar-refractivity contribution in [2.24, 2.45) is 0 Å². The number of halogens is 1. The first-order chi connectivity index (χ1) is 19.5. The van der Waals surface area contributed by atoms with Gasteiger partial charge in [0.15, 0.2) is 5.82 Å². The van der Waals surface area contributed by atoms with Crippen molar-refractivity contribution in [1.29, 1.82) is 0 Å². The van der Waals surface area contributed by atoms with Gasteiger partial charge in [-0.05, 0) is 85.8 Å². The first-order valence-corrected chi connectivity index (χ1v) is 14.6. The minimum Gasteiger partial charge on any atom is -0.508 e. The molecule has 2 N–H and O–H groups in total. The molecule has 208 valence electrons. The zero-order chi connectivity index (χ0) is 27.4. The summed E-state index contributed by atoms with van der Waals surface area (Å²) in [7, 11) is 2.11. The van der Waals surface area contributed by atoms with Crippen LogP contribution in [0.5, 0.6) is 11.8 Å². The fourth-order valence-electron chi connectivity index (χ4n) is 6.95. The number of aromatic nitrogens is 2. The fourth-order valence-corrected chi connectivity index (χ4v) is 6.95. The summed E-state index contributed by atoms with van der Waals surface area (Å²) in [6, 6.07) is 14.6. The molecule has 0 spiro atoms. The second-order valence-corrected chi connectivity index (χ2v) is 11.6. The van der Waals surface area contributed by atoms with Crippen LogP contribution in [0.1, 0.15) is 38.2 Å². The number of hydrogen-bond donors (Lipinski definition) is 2. The van der Waals surface area contributed by atoms with Gasteiger partial charge in [-0.25, -0.2) is 4.39 Å². The lowest BCUT2D eigenvalue weighted by Crippen LogP contribution is -2.51. The van der Waals surface area contributed by atoms with E-state index in [0.29, 0.717) is 47.7 Å². The Morgan fingerprint density at radius 3 is 2.60 bits per heavy atom. The van der Waals surface area contributed by atoms with Crippen LogP contribution in [0.25, 0.3) is 32.8 Å². The Hall–Kier alpha value is -3.49. The summed E-state index contributed by atoms with van der Waals surface area (Å²) < 4.78 is 23.1. The number of fused-ring (bicyclic) bond motifs is 4. The van der Waals surface area contributed by atoms with Crippen LogP contribution in [0.15, 0.2) is 42.5 Å². The third kappa shape index (κ3) is 4.43. The van der Waals surface area contributed by atoms with Gasteiger partial charge in [-0.2, -0.15) is 9.97 Å². The molecule has 3 fully saturated rings. The Bertz CT molecular complexity index is 1580. The van der Waals surface area contributed by atoms with Crippen molar-refractivity contribution in [2.45, 2.75) is 57.2 Å². The highest BCUT2D eigenvalue weighted by atomic mass is 19.1. The number of piperazine rings is 1. The highest BCUT2D eigenvalue weighted by Crippen LogP contribution is 2.41. The zero-order valence-electron chi connectivity index (χ0n) is 23.2. The number of benzene rings is 3. The molecule has 40 heavy (non-hydrogen) atoms. The third-order valence-electron chi connectivity index (χ3n) is 9.06. The van der Waals surface area contributed by atoms with E-state index in [1.807, 2.05) is 31.2 Å². The molecular weight excluding hydrogens is 505 g/mol. The molecule has 3 saturated heterocycles. The normalized spacial score (nSPS) is 23.0. The maximum absolute atomic E-state index is 16.9. The van der Waals surface area contributed by atoms with Crippen molar-refractivity contribution in [3.05, 3.63) is 53.8 Å². The van der Waals surface area contributed by atoms with Crippen LogP contribution < -0.4 is 15.0 Å². The largest absolute Gasteiger partial charge is 0.508 e. The molecule has 0 amide bonds. The number of likely N-dealkylation sites (tertiary alicyclic amines) is 1. The van der Waals surface area contributed by atoms with Gasteiger partial charge in [0.25, 0.3) is 0 Å². The predicted molar refractivity (Wildman–Crippen MR) is 157 cm³/mol. The molecule has 0 saturated carbocycles. The van der Waals surface area contributed by atoms with Gasteiger partial charge >= 0.3 is 6.01 Å². The number of rotatable bonds is 6. The molecule has 3 aliphatic rings. The van der Waals surface area contributed by atoms with Crippen LogP contribution in [-0.2, 0) is 6.42 Å². The minimum atomic E-state index is -0.394. The number of likely N-dealkylation sites (N-methyl/N-ethyl adjacent to an activating group) is 1. The molecule has 3 atom stereocenters. The Morgan fingerprint density at radius 2 is 1.85 bits per heavy atom. The molecule has 7 rings (SSSR count). The number of ether oxygens (including phenoxy) is 1. The summed E-state index contributed by atoms with van der Waals surface area (Å²) in [5, 5.41) is 16.7. The van der Waals surface area contributed by atoms with Gasteiger partial charge in [0.2, 0.25) is 0 Å². The third-order valence-corrected chi connectivity index (χ3v) is 9.06. The van der Waals surface area contributed by atoms with E-state index in [1.165, 1.54) is 0 Å².